The first-order chi connectivity index (χ1) is 43.0. The maximum Gasteiger partial charge on any atom is 0.346 e. The summed E-state index contributed by atoms with van der Waals surface area (Å²) in [6, 6.07) is 10.3. The summed E-state index contributed by atoms with van der Waals surface area (Å²) in [6.45, 7) is 94.6. The van der Waals surface area contributed by atoms with Gasteiger partial charge in [0.25, 0.3) is 0 Å². The Morgan fingerprint density at radius 1 is 0.242 bits per heavy atom. The van der Waals surface area contributed by atoms with Crippen molar-refractivity contribution < 1.29 is 76.0 Å². The fraction of sp³-hybridized carbons (Fsp3) is 0.920. The van der Waals surface area contributed by atoms with Crippen LogP contribution in [0.5, 0.6) is 0 Å². The van der Waals surface area contributed by atoms with Crippen molar-refractivity contribution in [3.05, 3.63) is 35.9 Å². The van der Waals surface area contributed by atoms with Crippen LogP contribution in [0.2, 0.25) is 0 Å². The Hall–Kier alpha value is 0.848. The van der Waals surface area contributed by atoms with E-state index in [0.717, 1.165) is 49.9 Å². The molecule has 604 valence electrons. The van der Waals surface area contributed by atoms with Gasteiger partial charge in [-0.05, 0) is 306 Å². The van der Waals surface area contributed by atoms with Gasteiger partial charge in [-0.15, -0.1) is 0 Å². The molecule has 0 saturated heterocycles. The van der Waals surface area contributed by atoms with E-state index in [1.54, 1.807) is 0 Å². The molecule has 0 saturated carbocycles. The van der Waals surface area contributed by atoms with Gasteiger partial charge in [0, 0.05) is 0 Å². The molecular weight excluding hydrogens is 1390 g/mol. The predicted molar refractivity (Wildman–Crippen MR) is 443 cm³/mol. The van der Waals surface area contributed by atoms with Crippen molar-refractivity contribution in [3.8, 4) is 0 Å². The lowest BCUT2D eigenvalue weighted by Crippen LogP contribution is -2.55. The van der Waals surface area contributed by atoms with E-state index >= 15 is 0 Å². The fourth-order valence-electron chi connectivity index (χ4n) is 6.92. The van der Waals surface area contributed by atoms with Crippen molar-refractivity contribution in [1.82, 2.24) is 0 Å². The quantitative estimate of drug-likeness (QED) is 0.0704. The molecule has 0 aromatic heterocycles. The number of hydrogen-bond donors (Lipinski definition) is 4. The number of hydrogen-bond acceptors (Lipinski definition) is 16. The van der Waals surface area contributed by atoms with Crippen LogP contribution in [0.15, 0.2) is 30.3 Å². The summed E-state index contributed by atoms with van der Waals surface area (Å²) in [7, 11) is -12.3. The molecule has 1 aromatic rings. The summed E-state index contributed by atoms with van der Waals surface area (Å²) in [5, 5.41) is 0. The average molecular weight is 1560 g/mol. The summed E-state index contributed by atoms with van der Waals surface area (Å²) in [6.07, 6.45) is 5.06. The van der Waals surface area contributed by atoms with E-state index < -0.39 is 31.8 Å². The third-order valence-corrected chi connectivity index (χ3v) is 22.6. The molecule has 24 heteroatoms. The molecule has 0 atom stereocenters. The molecule has 0 amide bonds. The predicted octanol–water partition coefficient (Wildman–Crippen LogP) is 16.7. The largest absolute Gasteiger partial charge is 0.708 e. The van der Waals surface area contributed by atoms with Crippen LogP contribution < -0.4 is 22.9 Å². The van der Waals surface area contributed by atoms with Crippen LogP contribution in [-0.2, 0) is 101 Å². The Kier molecular flexibility index (Phi) is 59.0. The Labute approximate surface area is 642 Å². The summed E-state index contributed by atoms with van der Waals surface area (Å²) in [4.78, 5) is 0. The first-order valence-corrected chi connectivity index (χ1v) is 47.8. The van der Waals surface area contributed by atoms with E-state index in [-0.39, 0.29) is 67.2 Å². The van der Waals surface area contributed by atoms with E-state index in [9.17, 15) is 0 Å². The fourth-order valence-corrected chi connectivity index (χ4v) is 25.4. The average Bonchev–Trinajstić information content (AvgIpc) is 0.847. The highest BCUT2D eigenvalue weighted by molar-refractivity contribution is 7.95. The van der Waals surface area contributed by atoms with Crippen molar-refractivity contribution in [1.29, 1.82) is 0 Å². The SMILES string of the molecule is CC(C)(C)O[Si]([S-])(OC(C)(C)C)OC(C)(C)C.CC(C)(C)O[Si]([S-])(OC(C)(C)C)OC(C)(C)C.CC(C)(C)O[Si]([S-])(OC(C)(C)C)OC(C)(C)C.CC(C)(C)O[Si]([S-])(OC(C)(C)C)OC(C)(C)C.CC(C)CC[NH3+].CC(C)CC[NH3+].CC(C)CC[NH3+].CC(C)CC[NH3+].Cc1ccccc1. The van der Waals surface area contributed by atoms with Gasteiger partial charge in [0.1, 0.15) is 0 Å². The number of aryl methyl sites for hydroxylation is 1. The Balaban J connectivity index is -0.000000163. The van der Waals surface area contributed by atoms with Crippen LogP contribution in [0.4, 0.5) is 0 Å². The molecule has 0 aliphatic heterocycles. The van der Waals surface area contributed by atoms with Gasteiger partial charge in [0.2, 0.25) is 0 Å². The first kappa shape index (κ1) is 116. The molecule has 99 heavy (non-hydrogen) atoms. The molecule has 12 N–H and O–H groups in total. The highest BCUT2D eigenvalue weighted by Gasteiger charge is 2.41. The van der Waals surface area contributed by atoms with Crippen LogP contribution in [0.25, 0.3) is 0 Å². The second-order valence-electron chi connectivity index (χ2n) is 38.4. The van der Waals surface area contributed by atoms with Gasteiger partial charge in [-0.2, -0.15) is 0 Å². The number of benzene rings is 1. The Bertz CT molecular complexity index is 1660. The summed E-state index contributed by atoms with van der Waals surface area (Å²) < 4.78 is 70.6. The second kappa shape index (κ2) is 50.5. The van der Waals surface area contributed by atoms with Gasteiger partial charge in [0.05, 0.1) is 93.4 Å². The zero-order chi connectivity index (χ0) is 81.6. The van der Waals surface area contributed by atoms with Crippen molar-refractivity contribution in [2.24, 2.45) is 23.7 Å². The molecule has 0 spiro atoms. The van der Waals surface area contributed by atoms with E-state index in [1.807, 2.05) is 267 Å². The summed E-state index contributed by atoms with van der Waals surface area (Å²) >= 11 is 22.1. The Morgan fingerprint density at radius 2 is 0.343 bits per heavy atom. The van der Waals surface area contributed by atoms with E-state index in [2.05, 4.69) is 97.4 Å². The number of rotatable bonds is 20. The van der Waals surface area contributed by atoms with Gasteiger partial charge in [-0.3, -0.25) is 0 Å². The lowest BCUT2D eigenvalue weighted by Gasteiger charge is -2.48. The van der Waals surface area contributed by atoms with Crippen LogP contribution in [0.3, 0.4) is 0 Å². The van der Waals surface area contributed by atoms with Crippen molar-refractivity contribution in [3.63, 3.8) is 0 Å². The highest BCUT2D eigenvalue weighted by atomic mass is 32.3. The lowest BCUT2D eigenvalue weighted by atomic mass is 10.1. The zero-order valence-corrected chi connectivity index (χ0v) is 81.0. The second-order valence-corrected chi connectivity index (χ2v) is 50.8. The maximum atomic E-state index is 5.89. The van der Waals surface area contributed by atoms with Gasteiger partial charge in [0.15, 0.2) is 0 Å². The standard InChI is InChI=1S/4C12H27O3SSi.C7H8.4C5H13N/c4*1-10(2,3)13-17(16,14-11(4,5)6)15-12(7,8)9;1-7-5-3-2-4-6-7;4*1-5(2)3-4-6/h4*1-9H3;2-6H,1H3;4*5H,3-4,6H2,1-2H3/q4*-1;;;;;/p+4. The van der Waals surface area contributed by atoms with Crippen molar-refractivity contribution in [2.45, 2.75) is 404 Å². The van der Waals surface area contributed by atoms with Crippen molar-refractivity contribution in [2.75, 3.05) is 26.2 Å². The molecule has 1 rings (SSSR count). The van der Waals surface area contributed by atoms with Gasteiger partial charge < -0.3 is 124 Å². The highest BCUT2D eigenvalue weighted by Crippen LogP contribution is 2.32. The topological polar surface area (TPSA) is 221 Å². The zero-order valence-electron chi connectivity index (χ0n) is 73.7. The third kappa shape index (κ3) is 108. The lowest BCUT2D eigenvalue weighted by molar-refractivity contribution is -0.370. The smallest absolute Gasteiger partial charge is 0.346 e. The summed E-state index contributed by atoms with van der Waals surface area (Å²) in [5.74, 6) is 3.34. The monoisotopic (exact) mass is 1560 g/mol. The van der Waals surface area contributed by atoms with Crippen LogP contribution in [-0.4, -0.2) is 125 Å². The van der Waals surface area contributed by atoms with E-state index in [1.165, 1.54) is 31.2 Å². The van der Waals surface area contributed by atoms with Crippen LogP contribution >= 0.6 is 0 Å². The normalized spacial score (nSPS) is 13.5. The number of quaternary nitrogens is 4. The Morgan fingerprint density at radius 3 is 0.384 bits per heavy atom. The third-order valence-electron chi connectivity index (χ3n) is 9.24. The minimum absolute atomic E-state index is 0.371. The molecule has 16 nitrogen and oxygen atoms in total. The van der Waals surface area contributed by atoms with Gasteiger partial charge in [-0.25, -0.2) is 0 Å². The van der Waals surface area contributed by atoms with Gasteiger partial charge >= 0.3 is 31.8 Å². The maximum absolute atomic E-state index is 5.89. The van der Waals surface area contributed by atoms with E-state index in [0.29, 0.717) is 0 Å². The molecule has 0 heterocycles. The van der Waals surface area contributed by atoms with Crippen molar-refractivity contribution >= 4 is 80.1 Å². The molecule has 0 unspecified atom stereocenters. The minimum atomic E-state index is -3.07. The molecule has 0 bridgehead atoms. The van der Waals surface area contributed by atoms with E-state index in [4.69, 9.17) is 101 Å². The molecule has 0 aliphatic rings. The van der Waals surface area contributed by atoms with Crippen LogP contribution in [0, 0.1) is 30.6 Å². The first-order valence-electron chi connectivity index (χ1n) is 36.4. The molecule has 1 aromatic carbocycles. The molecule has 0 fully saturated rings. The van der Waals surface area contributed by atoms with Gasteiger partial charge in [-0.1, -0.05) is 91.3 Å². The minimum Gasteiger partial charge on any atom is -0.708 e. The van der Waals surface area contributed by atoms with Crippen LogP contribution in [0.1, 0.15) is 336 Å². The molecule has 0 aliphatic carbocycles. The molecule has 0 radical (unpaired) electrons. The summed E-state index contributed by atoms with van der Waals surface area (Å²) in [5.41, 5.74) is 11.8. The molecular formula is C75H172N4O12S4Si4.